The molecule has 0 saturated carbocycles. The lowest BCUT2D eigenvalue weighted by molar-refractivity contribution is 0.631. The zero-order valence-electron chi connectivity index (χ0n) is 10.3. The molecule has 0 fully saturated rings. The van der Waals surface area contributed by atoms with Gasteiger partial charge in [0, 0.05) is 5.69 Å². The number of hydrogen-bond donors (Lipinski definition) is 0. The average Bonchev–Trinajstić information content (AvgIpc) is 2.41. The van der Waals surface area contributed by atoms with E-state index in [9.17, 15) is 5.26 Å². The van der Waals surface area contributed by atoms with Gasteiger partial charge in [-0.1, -0.05) is 13.3 Å². The van der Waals surface area contributed by atoms with Gasteiger partial charge in [0.05, 0.1) is 11.3 Å². The molecule has 1 aromatic heterocycles. The fraction of sp³-hybridized carbons (Fsp3) is 0.571. The quantitative estimate of drug-likeness (QED) is 0.621. The lowest BCUT2D eigenvalue weighted by Gasteiger charge is -2.17. The van der Waals surface area contributed by atoms with Crippen LogP contribution >= 0.6 is 0 Å². The van der Waals surface area contributed by atoms with Crippen LogP contribution in [0.25, 0.3) is 0 Å². The standard InChI is InChI=1S/C14H18N2/c1-9-6-4-5-7-12-13(8-15)10(2)16-11(3)14(9)12/h9H,4-7H2,1-3H3. The molecule has 1 atom stereocenters. The molecule has 0 radical (unpaired) electrons. The molecule has 84 valence electrons. The summed E-state index contributed by atoms with van der Waals surface area (Å²) >= 11 is 0. The number of fused-ring (bicyclic) bond motifs is 1. The van der Waals surface area contributed by atoms with Crippen LogP contribution in [-0.4, -0.2) is 4.98 Å². The summed E-state index contributed by atoms with van der Waals surface area (Å²) in [6.45, 7) is 6.28. The molecule has 2 nitrogen and oxygen atoms in total. The Balaban J connectivity index is 2.69. The smallest absolute Gasteiger partial charge is 0.101 e. The molecular weight excluding hydrogens is 196 g/mol. The molecular formula is C14H18N2. The summed E-state index contributed by atoms with van der Waals surface area (Å²) in [5.41, 5.74) is 5.47. The number of pyridine rings is 1. The maximum atomic E-state index is 9.25. The normalized spacial score (nSPS) is 19.8. The van der Waals surface area contributed by atoms with Crippen LogP contribution in [0.5, 0.6) is 0 Å². The fourth-order valence-corrected chi connectivity index (χ4v) is 2.90. The molecule has 1 aromatic rings. The van der Waals surface area contributed by atoms with Crippen molar-refractivity contribution in [1.29, 1.82) is 5.26 Å². The predicted molar refractivity (Wildman–Crippen MR) is 64.4 cm³/mol. The molecule has 0 bridgehead atoms. The van der Waals surface area contributed by atoms with Crippen molar-refractivity contribution in [3.63, 3.8) is 0 Å². The zero-order valence-corrected chi connectivity index (χ0v) is 10.3. The van der Waals surface area contributed by atoms with E-state index in [2.05, 4.69) is 24.9 Å². The van der Waals surface area contributed by atoms with Crippen molar-refractivity contribution in [2.24, 2.45) is 0 Å². The highest BCUT2D eigenvalue weighted by Crippen LogP contribution is 2.34. The van der Waals surface area contributed by atoms with Gasteiger partial charge in [0.15, 0.2) is 0 Å². The van der Waals surface area contributed by atoms with E-state index in [0.717, 1.165) is 23.4 Å². The van der Waals surface area contributed by atoms with Crippen LogP contribution in [0.1, 0.15) is 60.2 Å². The maximum Gasteiger partial charge on any atom is 0.101 e. The monoisotopic (exact) mass is 214 g/mol. The largest absolute Gasteiger partial charge is 0.257 e. The third kappa shape index (κ3) is 1.71. The predicted octanol–water partition coefficient (Wildman–Crippen LogP) is 3.40. The first kappa shape index (κ1) is 11.1. The first-order valence-electron chi connectivity index (χ1n) is 6.05. The van der Waals surface area contributed by atoms with Gasteiger partial charge in [-0.3, -0.25) is 4.98 Å². The van der Waals surface area contributed by atoms with Crippen molar-refractivity contribution in [2.75, 3.05) is 0 Å². The average molecular weight is 214 g/mol. The van der Waals surface area contributed by atoms with Gasteiger partial charge in [-0.25, -0.2) is 0 Å². The van der Waals surface area contributed by atoms with Gasteiger partial charge < -0.3 is 0 Å². The Kier molecular flexibility index (Phi) is 2.96. The molecule has 1 unspecified atom stereocenters. The fourth-order valence-electron chi connectivity index (χ4n) is 2.90. The van der Waals surface area contributed by atoms with E-state index < -0.39 is 0 Å². The summed E-state index contributed by atoms with van der Waals surface area (Å²) in [4.78, 5) is 4.53. The van der Waals surface area contributed by atoms with Crippen LogP contribution in [0.2, 0.25) is 0 Å². The molecule has 1 heterocycles. The van der Waals surface area contributed by atoms with Crippen LogP contribution < -0.4 is 0 Å². The van der Waals surface area contributed by atoms with Crippen molar-refractivity contribution in [1.82, 2.24) is 4.98 Å². The van der Waals surface area contributed by atoms with Gasteiger partial charge in [0.1, 0.15) is 6.07 Å². The van der Waals surface area contributed by atoms with Crippen LogP contribution in [0, 0.1) is 25.2 Å². The second kappa shape index (κ2) is 4.25. The van der Waals surface area contributed by atoms with Crippen LogP contribution in [0.3, 0.4) is 0 Å². The zero-order chi connectivity index (χ0) is 11.7. The van der Waals surface area contributed by atoms with Gasteiger partial charge in [-0.2, -0.15) is 5.26 Å². The number of aromatic nitrogens is 1. The molecule has 1 aliphatic carbocycles. The summed E-state index contributed by atoms with van der Waals surface area (Å²) in [7, 11) is 0. The highest BCUT2D eigenvalue weighted by atomic mass is 14.7. The summed E-state index contributed by atoms with van der Waals surface area (Å²) < 4.78 is 0. The summed E-state index contributed by atoms with van der Waals surface area (Å²) in [6, 6.07) is 2.34. The van der Waals surface area contributed by atoms with E-state index in [1.165, 1.54) is 30.4 Å². The highest BCUT2D eigenvalue weighted by Gasteiger charge is 2.21. The third-order valence-electron chi connectivity index (χ3n) is 3.63. The Morgan fingerprint density at radius 3 is 2.69 bits per heavy atom. The lowest BCUT2D eigenvalue weighted by Crippen LogP contribution is -2.07. The topological polar surface area (TPSA) is 36.7 Å². The third-order valence-corrected chi connectivity index (χ3v) is 3.63. The first-order valence-corrected chi connectivity index (χ1v) is 6.05. The van der Waals surface area contributed by atoms with E-state index in [4.69, 9.17) is 0 Å². The SMILES string of the molecule is Cc1nc(C)c2c(c1C#N)CCCCC2C. The molecule has 0 amide bonds. The van der Waals surface area contributed by atoms with Crippen LogP contribution in [0.4, 0.5) is 0 Å². The molecule has 16 heavy (non-hydrogen) atoms. The Hall–Kier alpha value is -1.36. The summed E-state index contributed by atoms with van der Waals surface area (Å²) in [5, 5.41) is 9.25. The van der Waals surface area contributed by atoms with E-state index in [1.54, 1.807) is 0 Å². The first-order chi connectivity index (χ1) is 7.65. The van der Waals surface area contributed by atoms with Crippen molar-refractivity contribution in [3.8, 4) is 6.07 Å². The van der Waals surface area contributed by atoms with E-state index in [-0.39, 0.29) is 0 Å². The summed E-state index contributed by atoms with van der Waals surface area (Å²) in [5.74, 6) is 0.553. The van der Waals surface area contributed by atoms with Crippen LogP contribution in [-0.2, 0) is 6.42 Å². The molecule has 0 aliphatic heterocycles. The number of nitriles is 1. The Bertz CT molecular complexity index is 455. The van der Waals surface area contributed by atoms with Crippen LogP contribution in [0.15, 0.2) is 0 Å². The molecule has 0 spiro atoms. The maximum absolute atomic E-state index is 9.25. The van der Waals surface area contributed by atoms with Gasteiger partial charge in [-0.15, -0.1) is 0 Å². The number of rotatable bonds is 0. The minimum atomic E-state index is 0.553. The molecule has 2 heteroatoms. The molecule has 2 rings (SSSR count). The highest BCUT2D eigenvalue weighted by molar-refractivity contribution is 5.48. The second-order valence-corrected chi connectivity index (χ2v) is 4.81. The molecule has 1 aliphatic rings. The van der Waals surface area contributed by atoms with Crippen molar-refractivity contribution >= 4 is 0 Å². The van der Waals surface area contributed by atoms with Gasteiger partial charge in [0.25, 0.3) is 0 Å². The second-order valence-electron chi connectivity index (χ2n) is 4.81. The summed E-state index contributed by atoms with van der Waals surface area (Å²) in [6.07, 6.45) is 4.74. The van der Waals surface area contributed by atoms with Gasteiger partial charge in [-0.05, 0) is 50.2 Å². The van der Waals surface area contributed by atoms with E-state index in [1.807, 2.05) is 6.92 Å². The Morgan fingerprint density at radius 1 is 1.25 bits per heavy atom. The molecule has 0 aromatic carbocycles. The molecule has 0 saturated heterocycles. The number of hydrogen-bond acceptors (Lipinski definition) is 2. The minimum absolute atomic E-state index is 0.553. The van der Waals surface area contributed by atoms with Crippen molar-refractivity contribution < 1.29 is 0 Å². The minimum Gasteiger partial charge on any atom is -0.257 e. The van der Waals surface area contributed by atoms with E-state index in [0.29, 0.717) is 5.92 Å². The Labute approximate surface area is 97.3 Å². The van der Waals surface area contributed by atoms with Gasteiger partial charge >= 0.3 is 0 Å². The van der Waals surface area contributed by atoms with Gasteiger partial charge in [0.2, 0.25) is 0 Å². The number of nitrogens with zero attached hydrogens (tertiary/aromatic N) is 2. The van der Waals surface area contributed by atoms with Crippen molar-refractivity contribution in [3.05, 3.63) is 28.1 Å². The van der Waals surface area contributed by atoms with E-state index >= 15 is 0 Å². The lowest BCUT2D eigenvalue weighted by atomic mass is 9.90. The number of aryl methyl sites for hydroxylation is 2. The van der Waals surface area contributed by atoms with Crippen molar-refractivity contribution in [2.45, 2.75) is 52.4 Å². The molecule has 0 N–H and O–H groups in total. The Morgan fingerprint density at radius 2 is 2.00 bits per heavy atom.